The zero-order valence-corrected chi connectivity index (χ0v) is 22.7. The van der Waals surface area contributed by atoms with E-state index < -0.39 is 0 Å². The highest BCUT2D eigenvalue weighted by molar-refractivity contribution is 5.97. The number of amides is 1. The van der Waals surface area contributed by atoms with Crippen LogP contribution in [0.1, 0.15) is 39.9 Å². The van der Waals surface area contributed by atoms with Crippen molar-refractivity contribution in [2.75, 3.05) is 13.1 Å². The van der Waals surface area contributed by atoms with Crippen LogP contribution in [0, 0.1) is 18.3 Å². The van der Waals surface area contributed by atoms with Crippen molar-refractivity contribution in [2.45, 2.75) is 39.2 Å². The molecule has 1 saturated heterocycles. The molecule has 7 heteroatoms. The van der Waals surface area contributed by atoms with Crippen molar-refractivity contribution < 1.29 is 4.79 Å². The Morgan fingerprint density at radius 1 is 0.925 bits per heavy atom. The molecule has 1 aliphatic heterocycles. The van der Waals surface area contributed by atoms with E-state index in [0.29, 0.717) is 48.7 Å². The summed E-state index contributed by atoms with van der Waals surface area (Å²) in [6.07, 6.45) is 5.22. The number of carbonyl (C=O) groups is 1. The molecule has 40 heavy (non-hydrogen) atoms. The quantitative estimate of drug-likeness (QED) is 0.320. The Bertz CT molecular complexity index is 1800. The Labute approximate surface area is 232 Å². The lowest BCUT2D eigenvalue weighted by Gasteiger charge is -2.32. The first-order valence-corrected chi connectivity index (χ1v) is 14.0. The number of aryl methyl sites for hydroxylation is 3. The van der Waals surface area contributed by atoms with E-state index >= 15 is 0 Å². The van der Waals surface area contributed by atoms with E-state index in [1.54, 1.807) is 16.8 Å². The highest BCUT2D eigenvalue weighted by Gasteiger charge is 2.26. The normalized spacial score (nSPS) is 14.2. The van der Waals surface area contributed by atoms with Gasteiger partial charge < -0.3 is 9.47 Å². The van der Waals surface area contributed by atoms with Gasteiger partial charge in [-0.05, 0) is 67.3 Å². The van der Waals surface area contributed by atoms with Crippen LogP contribution in [0.25, 0.3) is 16.7 Å². The van der Waals surface area contributed by atoms with Crippen molar-refractivity contribution in [3.63, 3.8) is 0 Å². The molecule has 2 aromatic carbocycles. The number of benzene rings is 2. The summed E-state index contributed by atoms with van der Waals surface area (Å²) in [5.41, 5.74) is 4.46. The third-order valence-corrected chi connectivity index (χ3v) is 8.10. The molecule has 3 aromatic heterocycles. The Morgan fingerprint density at radius 3 is 2.30 bits per heavy atom. The summed E-state index contributed by atoms with van der Waals surface area (Å²) in [6, 6.07) is 25.9. The molecule has 0 atom stereocenters. The monoisotopic (exact) mass is 531 g/mol. The highest BCUT2D eigenvalue weighted by atomic mass is 16.2. The molecular formula is C33H33N5O2. The molecule has 0 bridgehead atoms. The molecule has 202 valence electrons. The largest absolute Gasteiger partial charge is 0.339 e. The summed E-state index contributed by atoms with van der Waals surface area (Å²) in [5, 5.41) is 9.49. The van der Waals surface area contributed by atoms with Crippen LogP contribution < -0.4 is 11.0 Å². The third kappa shape index (κ3) is 4.95. The SMILES string of the molecule is Cc1cccn2c(=O)c3cc(C(=O)N4CCC(Cc5ccccc5)CC4)c(=N)n(CCc4ccccc4)c3nc12. The number of piperidine rings is 1. The Hall–Kier alpha value is -4.52. The fourth-order valence-electron chi connectivity index (χ4n) is 5.82. The maximum absolute atomic E-state index is 13.8. The lowest BCUT2D eigenvalue weighted by molar-refractivity contribution is 0.0687. The maximum Gasteiger partial charge on any atom is 0.267 e. The summed E-state index contributed by atoms with van der Waals surface area (Å²) >= 11 is 0. The Balaban J connectivity index is 1.36. The van der Waals surface area contributed by atoms with Crippen molar-refractivity contribution in [3.8, 4) is 0 Å². The lowest BCUT2D eigenvalue weighted by Crippen LogP contribution is -2.42. The topological polar surface area (TPSA) is 83.5 Å². The number of rotatable bonds is 6. The van der Waals surface area contributed by atoms with Gasteiger partial charge in [-0.2, -0.15) is 0 Å². The summed E-state index contributed by atoms with van der Waals surface area (Å²) in [7, 11) is 0. The van der Waals surface area contributed by atoms with Gasteiger partial charge in [-0.1, -0.05) is 66.7 Å². The maximum atomic E-state index is 13.8. The molecule has 0 saturated carbocycles. The van der Waals surface area contributed by atoms with Crippen LogP contribution in [-0.2, 0) is 19.4 Å². The summed E-state index contributed by atoms with van der Waals surface area (Å²) in [6.45, 7) is 3.65. The number of nitrogens with zero attached hydrogens (tertiary/aromatic N) is 4. The van der Waals surface area contributed by atoms with Gasteiger partial charge in [0.2, 0.25) is 0 Å². The molecule has 6 rings (SSSR count). The minimum absolute atomic E-state index is 0.102. The minimum Gasteiger partial charge on any atom is -0.339 e. The van der Waals surface area contributed by atoms with E-state index in [1.807, 2.05) is 60.4 Å². The van der Waals surface area contributed by atoms with E-state index in [9.17, 15) is 9.59 Å². The Kier molecular flexibility index (Phi) is 7.03. The van der Waals surface area contributed by atoms with Crippen LogP contribution in [0.4, 0.5) is 0 Å². The number of aromatic nitrogens is 3. The van der Waals surface area contributed by atoms with Gasteiger partial charge in [-0.25, -0.2) is 4.98 Å². The first-order valence-electron chi connectivity index (χ1n) is 14.0. The number of hydrogen-bond acceptors (Lipinski definition) is 4. The van der Waals surface area contributed by atoms with Gasteiger partial charge in [0.15, 0.2) is 0 Å². The van der Waals surface area contributed by atoms with Crippen molar-refractivity contribution in [3.05, 3.63) is 123 Å². The molecule has 0 spiro atoms. The highest BCUT2D eigenvalue weighted by Crippen LogP contribution is 2.23. The van der Waals surface area contributed by atoms with Crippen LogP contribution in [0.3, 0.4) is 0 Å². The number of hydrogen-bond donors (Lipinski definition) is 1. The van der Waals surface area contributed by atoms with Crippen molar-refractivity contribution >= 4 is 22.6 Å². The molecule has 1 amide bonds. The number of pyridine rings is 2. The van der Waals surface area contributed by atoms with Gasteiger partial charge in [0.25, 0.3) is 11.5 Å². The predicted octanol–water partition coefficient (Wildman–Crippen LogP) is 4.77. The average molecular weight is 532 g/mol. The number of nitrogens with one attached hydrogen (secondary N) is 1. The van der Waals surface area contributed by atoms with E-state index in [-0.39, 0.29) is 22.5 Å². The smallest absolute Gasteiger partial charge is 0.267 e. The molecule has 1 N–H and O–H groups in total. The van der Waals surface area contributed by atoms with Gasteiger partial charge in [-0.3, -0.25) is 19.4 Å². The summed E-state index contributed by atoms with van der Waals surface area (Å²) < 4.78 is 3.28. The number of fused-ring (bicyclic) bond motifs is 2. The minimum atomic E-state index is -0.229. The molecule has 4 heterocycles. The standard InChI is InChI=1S/C33H33N5O2/c1-23-9-8-17-38-30(23)35-31-28(33(38)40)22-27(29(34)37(31)20-16-24-10-4-2-5-11-24)32(39)36-18-14-26(15-19-36)21-25-12-6-3-7-13-25/h2-13,17,22,26,34H,14-16,18-21H2,1H3. The molecule has 0 unspecified atom stereocenters. The van der Waals surface area contributed by atoms with E-state index in [1.165, 1.54) is 9.96 Å². The fourth-order valence-corrected chi connectivity index (χ4v) is 5.82. The van der Waals surface area contributed by atoms with Crippen LogP contribution in [-0.4, -0.2) is 37.8 Å². The molecule has 0 aliphatic carbocycles. The zero-order valence-electron chi connectivity index (χ0n) is 22.7. The second-order valence-corrected chi connectivity index (χ2v) is 10.8. The van der Waals surface area contributed by atoms with Gasteiger partial charge >= 0.3 is 0 Å². The molecule has 1 aliphatic rings. The van der Waals surface area contributed by atoms with E-state index in [0.717, 1.165) is 30.4 Å². The van der Waals surface area contributed by atoms with Crippen LogP contribution >= 0.6 is 0 Å². The van der Waals surface area contributed by atoms with Gasteiger partial charge in [-0.15, -0.1) is 0 Å². The third-order valence-electron chi connectivity index (χ3n) is 8.10. The average Bonchev–Trinajstić information content (AvgIpc) is 2.98. The molecule has 7 nitrogen and oxygen atoms in total. The lowest BCUT2D eigenvalue weighted by atomic mass is 9.90. The van der Waals surface area contributed by atoms with E-state index in [2.05, 4.69) is 24.3 Å². The number of likely N-dealkylation sites (tertiary alicyclic amines) is 1. The van der Waals surface area contributed by atoms with Crippen molar-refractivity contribution in [1.82, 2.24) is 18.9 Å². The molecule has 5 aromatic rings. The van der Waals surface area contributed by atoms with Crippen LogP contribution in [0.15, 0.2) is 89.9 Å². The van der Waals surface area contributed by atoms with Gasteiger partial charge in [0.1, 0.15) is 16.8 Å². The molecule has 0 radical (unpaired) electrons. The second-order valence-electron chi connectivity index (χ2n) is 10.8. The fraction of sp³-hybridized carbons (Fsp3) is 0.273. The van der Waals surface area contributed by atoms with Gasteiger partial charge in [0, 0.05) is 25.8 Å². The van der Waals surface area contributed by atoms with Gasteiger partial charge in [0.05, 0.1) is 10.9 Å². The van der Waals surface area contributed by atoms with Crippen molar-refractivity contribution in [1.29, 1.82) is 5.41 Å². The number of carbonyl (C=O) groups excluding carboxylic acids is 1. The van der Waals surface area contributed by atoms with Crippen LogP contribution in [0.2, 0.25) is 0 Å². The summed E-state index contributed by atoms with van der Waals surface area (Å²) in [5.74, 6) is 0.338. The summed E-state index contributed by atoms with van der Waals surface area (Å²) in [4.78, 5) is 34.2. The molecule has 1 fully saturated rings. The van der Waals surface area contributed by atoms with Crippen molar-refractivity contribution in [2.24, 2.45) is 5.92 Å². The predicted molar refractivity (Wildman–Crippen MR) is 156 cm³/mol. The van der Waals surface area contributed by atoms with E-state index in [4.69, 9.17) is 10.4 Å². The molecular weight excluding hydrogens is 498 g/mol. The Morgan fingerprint density at radius 2 is 1.60 bits per heavy atom. The van der Waals surface area contributed by atoms with Crippen LogP contribution in [0.5, 0.6) is 0 Å². The zero-order chi connectivity index (χ0) is 27.6. The first-order chi connectivity index (χ1) is 19.5. The second kappa shape index (κ2) is 10.9. The first kappa shape index (κ1) is 25.7.